The molecule has 2 atom stereocenters. The van der Waals surface area contributed by atoms with Crippen molar-refractivity contribution in [3.05, 3.63) is 34.4 Å². The number of hydrogen-bond acceptors (Lipinski definition) is 1. The van der Waals surface area contributed by atoms with Crippen molar-refractivity contribution >= 4 is 33.4 Å². The van der Waals surface area contributed by atoms with Gasteiger partial charge in [0, 0.05) is 10.9 Å². The van der Waals surface area contributed by atoms with Gasteiger partial charge in [0.15, 0.2) is 0 Å². The summed E-state index contributed by atoms with van der Waals surface area (Å²) in [6, 6.07) is 1.59. The second-order valence-corrected chi connectivity index (χ2v) is 6.21. The fourth-order valence-corrected chi connectivity index (χ4v) is 3.06. The maximum Gasteiger partial charge on any atom is 0.254 e. The van der Waals surface area contributed by atoms with Gasteiger partial charge in [0.1, 0.15) is 11.6 Å². The molecule has 1 amide bonds. The smallest absolute Gasteiger partial charge is 0.254 e. The van der Waals surface area contributed by atoms with Crippen LogP contribution in [0.4, 0.5) is 8.78 Å². The standard InChI is InChI=1S/C13H13BrClF2NO/c14-8-3-1-2-4-12(8)18-13(19)7-5-11(17)9(15)6-10(7)16/h5-6,8,12H,1-4H2,(H,18,19). The minimum atomic E-state index is -0.814. The fraction of sp³-hybridized carbons (Fsp3) is 0.462. The van der Waals surface area contributed by atoms with Crippen molar-refractivity contribution in [3.63, 3.8) is 0 Å². The quantitative estimate of drug-likeness (QED) is 0.631. The maximum atomic E-state index is 13.6. The summed E-state index contributed by atoms with van der Waals surface area (Å²) >= 11 is 8.95. The SMILES string of the molecule is O=C(NC1CCCCC1Br)c1cc(F)c(Cl)cc1F. The Hall–Kier alpha value is -0.680. The molecule has 1 N–H and O–H groups in total. The van der Waals surface area contributed by atoms with E-state index in [4.69, 9.17) is 11.6 Å². The first-order valence-corrected chi connectivity index (χ1v) is 7.38. The van der Waals surface area contributed by atoms with Crippen LogP contribution in [0.5, 0.6) is 0 Å². The molecule has 0 spiro atoms. The van der Waals surface area contributed by atoms with Crippen molar-refractivity contribution in [1.82, 2.24) is 5.32 Å². The maximum absolute atomic E-state index is 13.6. The van der Waals surface area contributed by atoms with Gasteiger partial charge in [-0.3, -0.25) is 4.79 Å². The molecule has 19 heavy (non-hydrogen) atoms. The zero-order chi connectivity index (χ0) is 14.0. The highest BCUT2D eigenvalue weighted by Gasteiger charge is 2.26. The molecule has 0 aliphatic heterocycles. The van der Waals surface area contributed by atoms with Crippen molar-refractivity contribution in [2.45, 2.75) is 36.6 Å². The van der Waals surface area contributed by atoms with Crippen molar-refractivity contribution < 1.29 is 13.6 Å². The van der Waals surface area contributed by atoms with Gasteiger partial charge < -0.3 is 5.32 Å². The largest absolute Gasteiger partial charge is 0.348 e. The molecule has 1 aliphatic rings. The lowest BCUT2D eigenvalue weighted by molar-refractivity contribution is 0.0925. The zero-order valence-corrected chi connectivity index (χ0v) is 12.4. The van der Waals surface area contributed by atoms with Crippen LogP contribution in [0, 0.1) is 11.6 Å². The van der Waals surface area contributed by atoms with Crippen molar-refractivity contribution in [2.24, 2.45) is 0 Å². The Bertz CT molecular complexity index is 498. The predicted octanol–water partition coefficient (Wildman–Crippen LogP) is 4.05. The topological polar surface area (TPSA) is 29.1 Å². The number of amides is 1. The summed E-state index contributed by atoms with van der Waals surface area (Å²) in [6.45, 7) is 0. The van der Waals surface area contributed by atoms with Crippen LogP contribution in [-0.2, 0) is 0 Å². The van der Waals surface area contributed by atoms with Crippen LogP contribution in [-0.4, -0.2) is 16.8 Å². The molecule has 1 aromatic rings. The molecule has 1 fully saturated rings. The molecular weight excluding hydrogens is 340 g/mol. The zero-order valence-electron chi connectivity index (χ0n) is 10.1. The van der Waals surface area contributed by atoms with E-state index in [0.29, 0.717) is 0 Å². The van der Waals surface area contributed by atoms with Gasteiger partial charge in [-0.15, -0.1) is 0 Å². The van der Waals surface area contributed by atoms with E-state index < -0.39 is 17.5 Å². The monoisotopic (exact) mass is 351 g/mol. The van der Waals surface area contributed by atoms with Crippen molar-refractivity contribution in [1.29, 1.82) is 0 Å². The van der Waals surface area contributed by atoms with E-state index in [1.54, 1.807) is 0 Å². The molecule has 1 aromatic carbocycles. The van der Waals surface area contributed by atoms with E-state index in [2.05, 4.69) is 21.2 Å². The average molecular weight is 353 g/mol. The van der Waals surface area contributed by atoms with E-state index in [9.17, 15) is 13.6 Å². The molecule has 2 rings (SSSR count). The van der Waals surface area contributed by atoms with Crippen molar-refractivity contribution in [2.75, 3.05) is 0 Å². The first-order chi connectivity index (χ1) is 8.99. The highest BCUT2D eigenvalue weighted by atomic mass is 79.9. The van der Waals surface area contributed by atoms with Crippen LogP contribution < -0.4 is 5.32 Å². The highest BCUT2D eigenvalue weighted by molar-refractivity contribution is 9.09. The molecule has 0 radical (unpaired) electrons. The summed E-state index contributed by atoms with van der Waals surface area (Å²) in [7, 11) is 0. The van der Waals surface area contributed by atoms with Crippen LogP contribution >= 0.6 is 27.5 Å². The minimum Gasteiger partial charge on any atom is -0.348 e. The first-order valence-electron chi connectivity index (χ1n) is 6.08. The number of carbonyl (C=O) groups excluding carboxylic acids is 1. The summed E-state index contributed by atoms with van der Waals surface area (Å²) < 4.78 is 26.9. The number of halogens is 4. The predicted molar refractivity (Wildman–Crippen MR) is 73.8 cm³/mol. The van der Waals surface area contributed by atoms with Gasteiger partial charge in [-0.05, 0) is 25.0 Å². The van der Waals surface area contributed by atoms with Crippen LogP contribution in [0.15, 0.2) is 12.1 Å². The Labute approximate surface area is 123 Å². The molecule has 2 unspecified atom stereocenters. The van der Waals surface area contributed by atoms with E-state index >= 15 is 0 Å². The number of benzene rings is 1. The number of nitrogens with one attached hydrogen (secondary N) is 1. The Morgan fingerprint density at radius 3 is 2.63 bits per heavy atom. The van der Waals surface area contributed by atoms with Gasteiger partial charge in [-0.1, -0.05) is 40.4 Å². The number of carbonyl (C=O) groups is 1. The van der Waals surface area contributed by atoms with Gasteiger partial charge in [0.05, 0.1) is 10.6 Å². The third kappa shape index (κ3) is 3.45. The summed E-state index contributed by atoms with van der Waals surface area (Å²) in [5, 5.41) is 2.41. The molecule has 104 valence electrons. The molecule has 0 aromatic heterocycles. The Morgan fingerprint density at radius 1 is 1.26 bits per heavy atom. The Morgan fingerprint density at radius 2 is 1.95 bits per heavy atom. The lowest BCUT2D eigenvalue weighted by Gasteiger charge is -2.28. The van der Waals surface area contributed by atoms with E-state index in [1.807, 2.05) is 0 Å². The molecule has 0 bridgehead atoms. The fourth-order valence-electron chi connectivity index (χ4n) is 2.19. The van der Waals surface area contributed by atoms with Gasteiger partial charge >= 0.3 is 0 Å². The minimum absolute atomic E-state index is 0.0561. The molecule has 1 aliphatic carbocycles. The van der Waals surface area contributed by atoms with Gasteiger partial charge in [-0.25, -0.2) is 8.78 Å². The van der Waals surface area contributed by atoms with Gasteiger partial charge in [-0.2, -0.15) is 0 Å². The molecule has 0 saturated heterocycles. The molecule has 2 nitrogen and oxygen atoms in total. The van der Waals surface area contributed by atoms with Gasteiger partial charge in [0.25, 0.3) is 5.91 Å². The molecule has 0 heterocycles. The summed E-state index contributed by atoms with van der Waals surface area (Å²) in [5.41, 5.74) is -0.313. The molecule has 1 saturated carbocycles. The van der Waals surface area contributed by atoms with E-state index in [-0.39, 0.29) is 21.5 Å². The van der Waals surface area contributed by atoms with Gasteiger partial charge in [0.2, 0.25) is 0 Å². The summed E-state index contributed by atoms with van der Waals surface area (Å²) in [5.74, 6) is -2.22. The number of hydrogen-bond donors (Lipinski definition) is 1. The third-order valence-corrected chi connectivity index (χ3v) is 4.64. The van der Waals surface area contributed by atoms with Crippen LogP contribution in [0.3, 0.4) is 0 Å². The van der Waals surface area contributed by atoms with Crippen LogP contribution in [0.25, 0.3) is 0 Å². The van der Waals surface area contributed by atoms with Crippen LogP contribution in [0.2, 0.25) is 5.02 Å². The third-order valence-electron chi connectivity index (χ3n) is 3.25. The average Bonchev–Trinajstić information content (AvgIpc) is 2.36. The summed E-state index contributed by atoms with van der Waals surface area (Å²) in [4.78, 5) is 12.1. The van der Waals surface area contributed by atoms with E-state index in [1.165, 1.54) is 0 Å². The Balaban J connectivity index is 2.13. The Kier molecular flexibility index (Phi) is 4.79. The first kappa shape index (κ1) is 14.7. The van der Waals surface area contributed by atoms with Crippen LogP contribution in [0.1, 0.15) is 36.0 Å². The second kappa shape index (κ2) is 6.18. The second-order valence-electron chi connectivity index (χ2n) is 4.63. The molecule has 6 heteroatoms. The number of alkyl halides is 1. The summed E-state index contributed by atoms with van der Waals surface area (Å²) in [6.07, 6.45) is 3.92. The normalized spacial score (nSPS) is 23.2. The number of rotatable bonds is 2. The van der Waals surface area contributed by atoms with Crippen molar-refractivity contribution in [3.8, 4) is 0 Å². The van der Waals surface area contributed by atoms with E-state index in [0.717, 1.165) is 37.8 Å². The molecular formula is C13H13BrClF2NO. The lowest BCUT2D eigenvalue weighted by Crippen LogP contribution is -2.42. The lowest BCUT2D eigenvalue weighted by atomic mass is 9.95. The highest BCUT2D eigenvalue weighted by Crippen LogP contribution is 2.25.